The molecule has 2 atom stereocenters. The van der Waals surface area contributed by atoms with E-state index in [2.05, 4.69) is 5.32 Å². The van der Waals surface area contributed by atoms with E-state index >= 15 is 0 Å². The van der Waals surface area contributed by atoms with Crippen LogP contribution in [0.1, 0.15) is 18.6 Å². The number of ether oxygens (including phenoxy) is 2. The molecule has 0 saturated carbocycles. The maximum absolute atomic E-state index is 13.6. The zero-order valence-electron chi connectivity index (χ0n) is 11.7. The third-order valence-electron chi connectivity index (χ3n) is 3.56. The Labute approximate surface area is 127 Å². The van der Waals surface area contributed by atoms with Crippen LogP contribution in [0, 0.1) is 5.82 Å². The highest BCUT2D eigenvalue weighted by atomic mass is 35.5. The van der Waals surface area contributed by atoms with Crippen molar-refractivity contribution in [2.75, 3.05) is 12.4 Å². The van der Waals surface area contributed by atoms with E-state index in [-0.39, 0.29) is 17.2 Å². The van der Waals surface area contributed by atoms with Gasteiger partial charge in [-0.05, 0) is 30.7 Å². The van der Waals surface area contributed by atoms with Gasteiger partial charge in [0, 0.05) is 6.07 Å². The van der Waals surface area contributed by atoms with E-state index in [4.69, 9.17) is 21.1 Å². The predicted molar refractivity (Wildman–Crippen MR) is 80.9 cm³/mol. The van der Waals surface area contributed by atoms with Crippen molar-refractivity contribution in [2.45, 2.75) is 19.1 Å². The number of rotatable bonds is 2. The van der Waals surface area contributed by atoms with Gasteiger partial charge >= 0.3 is 0 Å². The Kier molecular flexibility index (Phi) is 3.64. The molecular weight excluding hydrogens is 293 g/mol. The molecule has 2 unspecified atom stereocenters. The molecule has 0 aromatic heterocycles. The molecule has 2 aromatic carbocycles. The van der Waals surface area contributed by atoms with Crippen molar-refractivity contribution < 1.29 is 13.9 Å². The summed E-state index contributed by atoms with van der Waals surface area (Å²) in [7, 11) is 1.62. The molecule has 1 aliphatic heterocycles. The minimum atomic E-state index is -0.486. The Balaban J connectivity index is 1.92. The summed E-state index contributed by atoms with van der Waals surface area (Å²) >= 11 is 5.80. The molecule has 1 aliphatic rings. The number of halogens is 2. The monoisotopic (exact) mass is 307 g/mol. The maximum atomic E-state index is 13.6. The van der Waals surface area contributed by atoms with Crippen molar-refractivity contribution in [3.8, 4) is 11.5 Å². The molecule has 0 fully saturated rings. The lowest BCUT2D eigenvalue weighted by molar-refractivity contribution is 0.177. The van der Waals surface area contributed by atoms with E-state index in [0.717, 1.165) is 11.3 Å². The normalized spacial score (nSPS) is 20.2. The Morgan fingerprint density at radius 2 is 1.95 bits per heavy atom. The largest absolute Gasteiger partial charge is 0.497 e. The van der Waals surface area contributed by atoms with Gasteiger partial charge in [0.1, 0.15) is 23.4 Å². The summed E-state index contributed by atoms with van der Waals surface area (Å²) in [5.41, 5.74) is 1.70. The molecule has 0 aliphatic carbocycles. The topological polar surface area (TPSA) is 30.5 Å². The van der Waals surface area contributed by atoms with Crippen molar-refractivity contribution >= 4 is 17.3 Å². The van der Waals surface area contributed by atoms with Gasteiger partial charge in [-0.2, -0.15) is 0 Å². The molecule has 0 amide bonds. The van der Waals surface area contributed by atoms with Gasteiger partial charge in [-0.1, -0.05) is 23.7 Å². The smallest absolute Gasteiger partial charge is 0.146 e. The predicted octanol–water partition coefficient (Wildman–Crippen LogP) is 4.42. The highest BCUT2D eigenvalue weighted by molar-refractivity contribution is 6.31. The van der Waals surface area contributed by atoms with Crippen LogP contribution in [-0.2, 0) is 0 Å². The minimum absolute atomic E-state index is 0.0347. The summed E-state index contributed by atoms with van der Waals surface area (Å²) < 4.78 is 24.7. The lowest BCUT2D eigenvalue weighted by atomic mass is 10.0. The molecule has 1 N–H and O–H groups in total. The second-order valence-corrected chi connectivity index (χ2v) is 5.41. The maximum Gasteiger partial charge on any atom is 0.146 e. The van der Waals surface area contributed by atoms with E-state index < -0.39 is 5.82 Å². The summed E-state index contributed by atoms with van der Waals surface area (Å²) in [6.07, 6.45) is -0.205. The first kappa shape index (κ1) is 14.0. The van der Waals surface area contributed by atoms with Gasteiger partial charge in [-0.25, -0.2) is 4.39 Å². The van der Waals surface area contributed by atoms with Gasteiger partial charge in [0.2, 0.25) is 0 Å². The summed E-state index contributed by atoms with van der Waals surface area (Å²) in [6, 6.07) is 10.5. The quantitative estimate of drug-likeness (QED) is 0.891. The van der Waals surface area contributed by atoms with Crippen LogP contribution < -0.4 is 14.8 Å². The summed E-state index contributed by atoms with van der Waals surface area (Å²) in [5, 5.41) is 3.38. The third-order valence-corrected chi connectivity index (χ3v) is 3.85. The number of fused-ring (bicyclic) bond motifs is 1. The summed E-state index contributed by atoms with van der Waals surface area (Å²) in [6.45, 7) is 2.01. The highest BCUT2D eigenvalue weighted by Gasteiger charge is 2.28. The molecule has 21 heavy (non-hydrogen) atoms. The van der Waals surface area contributed by atoms with Gasteiger partial charge in [-0.15, -0.1) is 0 Å². The van der Waals surface area contributed by atoms with E-state index in [1.807, 2.05) is 31.2 Å². The molecule has 0 saturated heterocycles. The van der Waals surface area contributed by atoms with Crippen LogP contribution in [0.15, 0.2) is 36.4 Å². The number of anilines is 1. The van der Waals surface area contributed by atoms with Crippen molar-refractivity contribution in [1.29, 1.82) is 0 Å². The van der Waals surface area contributed by atoms with Gasteiger partial charge in [-0.3, -0.25) is 0 Å². The Hall–Kier alpha value is -1.94. The van der Waals surface area contributed by atoms with Gasteiger partial charge in [0.25, 0.3) is 0 Å². The van der Waals surface area contributed by atoms with Crippen LogP contribution in [0.3, 0.4) is 0 Å². The van der Waals surface area contributed by atoms with Gasteiger partial charge in [0.05, 0.1) is 23.9 Å². The fourth-order valence-electron chi connectivity index (χ4n) is 2.45. The van der Waals surface area contributed by atoms with E-state index in [1.54, 1.807) is 13.2 Å². The second-order valence-electron chi connectivity index (χ2n) is 5.01. The van der Waals surface area contributed by atoms with Gasteiger partial charge < -0.3 is 14.8 Å². The molecule has 110 valence electrons. The number of hydrogen-bond acceptors (Lipinski definition) is 3. The first-order valence-corrected chi connectivity index (χ1v) is 7.02. The van der Waals surface area contributed by atoms with Crippen molar-refractivity contribution in [3.05, 3.63) is 52.8 Å². The summed E-state index contributed by atoms with van der Waals surface area (Å²) in [5.74, 6) is 0.768. The fourth-order valence-corrected chi connectivity index (χ4v) is 2.61. The van der Waals surface area contributed by atoms with E-state index in [1.165, 1.54) is 6.07 Å². The molecule has 2 aromatic rings. The first-order valence-electron chi connectivity index (χ1n) is 6.64. The van der Waals surface area contributed by atoms with Crippen LogP contribution in [0.4, 0.5) is 10.1 Å². The highest BCUT2D eigenvalue weighted by Crippen LogP contribution is 2.40. The lowest BCUT2D eigenvalue weighted by Gasteiger charge is -2.33. The second kappa shape index (κ2) is 5.45. The minimum Gasteiger partial charge on any atom is -0.497 e. The molecule has 5 heteroatoms. The van der Waals surface area contributed by atoms with Crippen molar-refractivity contribution in [3.63, 3.8) is 0 Å². The fraction of sp³-hybridized carbons (Fsp3) is 0.250. The zero-order valence-corrected chi connectivity index (χ0v) is 12.4. The van der Waals surface area contributed by atoms with Gasteiger partial charge in [0.15, 0.2) is 0 Å². The molecular formula is C16H15ClFNO2. The third kappa shape index (κ3) is 2.63. The van der Waals surface area contributed by atoms with E-state index in [0.29, 0.717) is 11.4 Å². The molecule has 0 spiro atoms. The molecule has 0 bridgehead atoms. The molecule has 1 heterocycles. The van der Waals surface area contributed by atoms with Crippen LogP contribution in [-0.4, -0.2) is 13.2 Å². The summed E-state index contributed by atoms with van der Waals surface area (Å²) in [4.78, 5) is 0. The van der Waals surface area contributed by atoms with Crippen molar-refractivity contribution in [1.82, 2.24) is 0 Å². The van der Waals surface area contributed by atoms with Crippen LogP contribution in [0.25, 0.3) is 0 Å². The van der Waals surface area contributed by atoms with Crippen molar-refractivity contribution in [2.24, 2.45) is 0 Å². The average molecular weight is 308 g/mol. The number of benzene rings is 2. The van der Waals surface area contributed by atoms with E-state index in [9.17, 15) is 4.39 Å². The number of methoxy groups -OCH3 is 1. The molecule has 3 rings (SSSR count). The zero-order chi connectivity index (χ0) is 15.0. The standard InChI is InChI=1S/C16H15ClFNO2/c1-9-16(10-3-5-11(20-2)6-4-10)21-15-8-13(18)12(17)7-14(15)19-9/h3-9,16,19H,1-2H3. The average Bonchev–Trinajstić information content (AvgIpc) is 2.49. The SMILES string of the molecule is COc1ccc(C2Oc3cc(F)c(Cl)cc3NC2C)cc1. The first-order chi connectivity index (χ1) is 10.1. The van der Waals surface area contributed by atoms with Crippen LogP contribution in [0.2, 0.25) is 5.02 Å². The number of nitrogens with one attached hydrogen (secondary N) is 1. The Morgan fingerprint density at radius 3 is 2.62 bits per heavy atom. The lowest BCUT2D eigenvalue weighted by Crippen LogP contribution is -2.32. The van der Waals surface area contributed by atoms with Crippen LogP contribution in [0.5, 0.6) is 11.5 Å². The Morgan fingerprint density at radius 1 is 1.24 bits per heavy atom. The van der Waals surface area contributed by atoms with Crippen LogP contribution >= 0.6 is 11.6 Å². The Bertz CT molecular complexity index is 660. The molecule has 3 nitrogen and oxygen atoms in total. The molecule has 0 radical (unpaired) electrons. The number of hydrogen-bond donors (Lipinski definition) is 1.